The van der Waals surface area contributed by atoms with Gasteiger partial charge in [0.05, 0.1) is 0 Å². The van der Waals surface area contributed by atoms with E-state index in [2.05, 4.69) is 20.8 Å². The smallest absolute Gasteiger partial charge is 0.0156 e. The molecule has 2 atom stereocenters. The molecule has 0 bridgehead atoms. The highest BCUT2D eigenvalue weighted by atomic mass is 32.2. The van der Waals surface area contributed by atoms with Crippen LogP contribution in [0.25, 0.3) is 0 Å². The van der Waals surface area contributed by atoms with Gasteiger partial charge in [-0.05, 0) is 18.1 Å². The Morgan fingerprint density at radius 1 is 1.23 bits per heavy atom. The van der Waals surface area contributed by atoms with Crippen molar-refractivity contribution in [2.75, 3.05) is 11.5 Å². The number of hydrogen-bond donors (Lipinski definition) is 1. The maximum Gasteiger partial charge on any atom is 0.0156 e. The monoisotopic (exact) mass is 203 g/mol. The van der Waals surface area contributed by atoms with E-state index in [0.717, 1.165) is 5.75 Å². The van der Waals surface area contributed by atoms with Crippen LogP contribution in [0.4, 0.5) is 0 Å². The molecule has 2 N–H and O–H groups in total. The number of hydrogen-bond acceptors (Lipinski definition) is 2. The molecule has 0 aliphatic rings. The number of unbranched alkanes of at least 4 members (excludes halogenated alkanes) is 2. The molecule has 13 heavy (non-hydrogen) atoms. The quantitative estimate of drug-likeness (QED) is 0.613. The minimum atomic E-state index is 0.400. The van der Waals surface area contributed by atoms with Gasteiger partial charge < -0.3 is 5.73 Å². The molecule has 0 radical (unpaired) electrons. The molecule has 0 spiro atoms. The van der Waals surface area contributed by atoms with E-state index in [9.17, 15) is 0 Å². The first-order chi connectivity index (χ1) is 6.22. The predicted octanol–water partition coefficient (Wildman–Crippen LogP) is 3.28. The Bertz CT molecular complexity index is 106. The van der Waals surface area contributed by atoms with Crippen LogP contribution in [0.15, 0.2) is 0 Å². The van der Waals surface area contributed by atoms with E-state index in [1.165, 1.54) is 31.4 Å². The molecule has 0 aliphatic carbocycles. The van der Waals surface area contributed by atoms with E-state index >= 15 is 0 Å². The Balaban J connectivity index is 3.21. The summed E-state index contributed by atoms with van der Waals surface area (Å²) in [5.74, 6) is 3.11. The maximum absolute atomic E-state index is 6.02. The van der Waals surface area contributed by atoms with E-state index in [1.807, 2.05) is 11.8 Å². The highest BCUT2D eigenvalue weighted by Crippen LogP contribution is 2.13. The van der Waals surface area contributed by atoms with Gasteiger partial charge in [0.25, 0.3) is 0 Å². The fourth-order valence-corrected chi connectivity index (χ4v) is 2.32. The summed E-state index contributed by atoms with van der Waals surface area (Å²) in [6.07, 6.45) is 5.24. The summed E-state index contributed by atoms with van der Waals surface area (Å²) in [7, 11) is 0. The molecule has 0 amide bonds. The summed E-state index contributed by atoms with van der Waals surface area (Å²) >= 11 is 2.02. The van der Waals surface area contributed by atoms with Crippen LogP contribution in [-0.4, -0.2) is 17.5 Å². The Morgan fingerprint density at radius 2 is 1.92 bits per heavy atom. The minimum absolute atomic E-state index is 0.400. The third-order valence-electron chi connectivity index (χ3n) is 2.58. The van der Waals surface area contributed by atoms with Crippen molar-refractivity contribution in [2.45, 2.75) is 52.5 Å². The molecule has 0 aliphatic heterocycles. The van der Waals surface area contributed by atoms with Gasteiger partial charge in [-0.3, -0.25) is 0 Å². The largest absolute Gasteiger partial charge is 0.327 e. The number of nitrogens with two attached hydrogens (primary N) is 1. The summed E-state index contributed by atoms with van der Waals surface area (Å²) in [6.45, 7) is 6.71. The molecular formula is C11H25NS. The van der Waals surface area contributed by atoms with E-state index < -0.39 is 0 Å². The van der Waals surface area contributed by atoms with Gasteiger partial charge in [-0.15, -0.1) is 0 Å². The first kappa shape index (κ1) is 13.3. The first-order valence-electron chi connectivity index (χ1n) is 5.55. The van der Waals surface area contributed by atoms with Gasteiger partial charge in [0.2, 0.25) is 0 Å². The van der Waals surface area contributed by atoms with Crippen molar-refractivity contribution in [1.82, 2.24) is 0 Å². The molecule has 2 unspecified atom stereocenters. The highest BCUT2D eigenvalue weighted by molar-refractivity contribution is 7.99. The lowest BCUT2D eigenvalue weighted by atomic mass is 10.0. The zero-order valence-electron chi connectivity index (χ0n) is 9.38. The molecule has 0 saturated carbocycles. The summed E-state index contributed by atoms with van der Waals surface area (Å²) in [5.41, 5.74) is 6.02. The second-order valence-corrected chi connectivity index (χ2v) is 4.98. The summed E-state index contributed by atoms with van der Waals surface area (Å²) < 4.78 is 0. The number of thioether (sulfide) groups is 1. The molecular weight excluding hydrogens is 178 g/mol. The van der Waals surface area contributed by atoms with E-state index in [-0.39, 0.29) is 0 Å². The van der Waals surface area contributed by atoms with Gasteiger partial charge >= 0.3 is 0 Å². The summed E-state index contributed by atoms with van der Waals surface area (Å²) in [4.78, 5) is 0. The van der Waals surface area contributed by atoms with Crippen molar-refractivity contribution in [3.63, 3.8) is 0 Å². The van der Waals surface area contributed by atoms with Crippen molar-refractivity contribution in [2.24, 2.45) is 11.7 Å². The molecule has 0 aromatic heterocycles. The lowest BCUT2D eigenvalue weighted by Crippen LogP contribution is -2.30. The summed E-state index contributed by atoms with van der Waals surface area (Å²) in [5, 5.41) is 0. The van der Waals surface area contributed by atoms with Crippen LogP contribution < -0.4 is 5.73 Å². The van der Waals surface area contributed by atoms with Crippen molar-refractivity contribution in [1.29, 1.82) is 0 Å². The molecule has 0 aromatic carbocycles. The molecule has 0 fully saturated rings. The molecule has 1 nitrogen and oxygen atoms in total. The van der Waals surface area contributed by atoms with Crippen LogP contribution >= 0.6 is 11.8 Å². The third kappa shape index (κ3) is 7.39. The first-order valence-corrected chi connectivity index (χ1v) is 6.71. The molecule has 0 saturated heterocycles. The molecule has 0 heterocycles. The van der Waals surface area contributed by atoms with Crippen molar-refractivity contribution in [3.05, 3.63) is 0 Å². The Labute approximate surface area is 87.9 Å². The van der Waals surface area contributed by atoms with Crippen LogP contribution in [-0.2, 0) is 0 Å². The molecule has 0 aromatic rings. The SMILES string of the molecule is CCCCCSCC(N)C(C)CC. The third-order valence-corrected chi connectivity index (χ3v) is 3.78. The second kappa shape index (κ2) is 8.89. The van der Waals surface area contributed by atoms with Crippen LogP contribution in [0.3, 0.4) is 0 Å². The van der Waals surface area contributed by atoms with Gasteiger partial charge in [0.1, 0.15) is 0 Å². The highest BCUT2D eigenvalue weighted by Gasteiger charge is 2.09. The van der Waals surface area contributed by atoms with Crippen molar-refractivity contribution >= 4 is 11.8 Å². The Morgan fingerprint density at radius 3 is 2.46 bits per heavy atom. The van der Waals surface area contributed by atoms with E-state index in [0.29, 0.717) is 12.0 Å². The van der Waals surface area contributed by atoms with Crippen molar-refractivity contribution in [3.8, 4) is 0 Å². The lowest BCUT2D eigenvalue weighted by Gasteiger charge is -2.17. The van der Waals surface area contributed by atoms with Crippen molar-refractivity contribution < 1.29 is 0 Å². The normalized spacial score (nSPS) is 15.7. The van der Waals surface area contributed by atoms with Crippen LogP contribution in [0.5, 0.6) is 0 Å². The fraction of sp³-hybridized carbons (Fsp3) is 1.00. The topological polar surface area (TPSA) is 26.0 Å². The van der Waals surface area contributed by atoms with Crippen LogP contribution in [0.2, 0.25) is 0 Å². The molecule has 0 rings (SSSR count). The molecule has 80 valence electrons. The van der Waals surface area contributed by atoms with Gasteiger partial charge in [-0.25, -0.2) is 0 Å². The van der Waals surface area contributed by atoms with Gasteiger partial charge in [-0.2, -0.15) is 11.8 Å². The molecule has 2 heteroatoms. The van der Waals surface area contributed by atoms with Crippen LogP contribution in [0, 0.1) is 5.92 Å². The van der Waals surface area contributed by atoms with Gasteiger partial charge in [-0.1, -0.05) is 40.0 Å². The summed E-state index contributed by atoms with van der Waals surface area (Å²) in [6, 6.07) is 0.400. The average molecular weight is 203 g/mol. The van der Waals surface area contributed by atoms with Gasteiger partial charge in [0, 0.05) is 11.8 Å². The predicted molar refractivity (Wildman–Crippen MR) is 64.3 cm³/mol. The zero-order valence-corrected chi connectivity index (χ0v) is 10.2. The second-order valence-electron chi connectivity index (χ2n) is 3.83. The Kier molecular flexibility index (Phi) is 9.10. The number of rotatable bonds is 8. The zero-order chi connectivity index (χ0) is 10.1. The fourth-order valence-electron chi connectivity index (χ4n) is 1.14. The Hall–Kier alpha value is 0.310. The lowest BCUT2D eigenvalue weighted by molar-refractivity contribution is 0.475. The van der Waals surface area contributed by atoms with Crippen LogP contribution in [0.1, 0.15) is 46.5 Å². The average Bonchev–Trinajstić information content (AvgIpc) is 2.16. The van der Waals surface area contributed by atoms with E-state index in [1.54, 1.807) is 0 Å². The standard InChI is InChI=1S/C11H25NS/c1-4-6-7-8-13-9-11(12)10(3)5-2/h10-11H,4-9,12H2,1-3H3. The van der Waals surface area contributed by atoms with E-state index in [4.69, 9.17) is 5.73 Å². The van der Waals surface area contributed by atoms with Gasteiger partial charge in [0.15, 0.2) is 0 Å². The minimum Gasteiger partial charge on any atom is -0.327 e. The maximum atomic E-state index is 6.02.